The first-order valence-electron chi connectivity index (χ1n) is 15.9. The van der Waals surface area contributed by atoms with Gasteiger partial charge in [0.15, 0.2) is 11.6 Å². The molecule has 2 aliphatic heterocycles. The van der Waals surface area contributed by atoms with E-state index in [9.17, 15) is 14.4 Å². The molecular formula is C36H38FN5O6. The number of nitrogens with zero attached hydrogens (tertiary/aromatic N) is 3. The summed E-state index contributed by atoms with van der Waals surface area (Å²) in [6.45, 7) is 7.40. The minimum Gasteiger partial charge on any atom is -0.444 e. The van der Waals surface area contributed by atoms with Gasteiger partial charge >= 0.3 is 6.09 Å². The third-order valence-corrected chi connectivity index (χ3v) is 8.18. The molecule has 0 atom stereocenters. The summed E-state index contributed by atoms with van der Waals surface area (Å²) in [4.78, 5) is 45.8. The lowest BCUT2D eigenvalue weighted by atomic mass is 9.97. The number of amides is 2. The minimum atomic E-state index is -0.788. The van der Waals surface area contributed by atoms with Crippen molar-refractivity contribution < 1.29 is 33.0 Å². The number of nitrogens with one attached hydrogen (secondary N) is 2. The van der Waals surface area contributed by atoms with Gasteiger partial charge in [-0.15, -0.1) is 0 Å². The topological polar surface area (TPSA) is 124 Å². The molecule has 0 saturated carbocycles. The molecule has 0 unspecified atom stereocenters. The lowest BCUT2D eigenvalue weighted by Crippen LogP contribution is -2.45. The maximum Gasteiger partial charge on any atom is 0.412 e. The molecule has 2 aliphatic rings. The molecule has 3 aromatic carbocycles. The summed E-state index contributed by atoms with van der Waals surface area (Å²) in [6.07, 6.45) is 4.99. The molecule has 2 saturated heterocycles. The normalized spacial score (nSPS) is 15.7. The maximum absolute atomic E-state index is 15.4. The lowest BCUT2D eigenvalue weighted by molar-refractivity contribution is -0.169. The molecule has 4 aromatic rings. The minimum absolute atomic E-state index is 0.184. The van der Waals surface area contributed by atoms with E-state index < -0.39 is 41.4 Å². The van der Waals surface area contributed by atoms with Crippen LogP contribution in [0.5, 0.6) is 0 Å². The van der Waals surface area contributed by atoms with Gasteiger partial charge in [0.25, 0.3) is 0 Å². The average Bonchev–Trinajstić information content (AvgIpc) is 3.75. The predicted octanol–water partition coefficient (Wildman–Crippen LogP) is 6.58. The maximum atomic E-state index is 15.4. The largest absolute Gasteiger partial charge is 0.444 e. The second kappa shape index (κ2) is 13.6. The number of halogens is 1. The summed E-state index contributed by atoms with van der Waals surface area (Å²) in [5, 5.41) is 5.56. The first kappa shape index (κ1) is 32.9. The Morgan fingerprint density at radius 2 is 1.67 bits per heavy atom. The zero-order valence-electron chi connectivity index (χ0n) is 27.1. The quantitative estimate of drug-likeness (QED) is 0.161. The molecule has 1 aromatic heterocycles. The molecule has 2 amide bonds. The third kappa shape index (κ3) is 7.56. The van der Waals surface area contributed by atoms with E-state index in [0.29, 0.717) is 61.5 Å². The first-order chi connectivity index (χ1) is 23.0. The molecule has 0 radical (unpaired) electrons. The molecule has 11 nitrogen and oxygen atoms in total. The van der Waals surface area contributed by atoms with Gasteiger partial charge in [-0.05, 0) is 51.1 Å². The van der Waals surface area contributed by atoms with Gasteiger partial charge in [-0.2, -0.15) is 0 Å². The summed E-state index contributed by atoms with van der Waals surface area (Å²) >= 11 is 0. The molecule has 0 bridgehead atoms. The van der Waals surface area contributed by atoms with Crippen LogP contribution in [-0.4, -0.2) is 65.0 Å². The highest BCUT2D eigenvalue weighted by molar-refractivity contribution is 6.12. The van der Waals surface area contributed by atoms with E-state index in [1.165, 1.54) is 6.07 Å². The van der Waals surface area contributed by atoms with Gasteiger partial charge in [0, 0.05) is 66.4 Å². The molecule has 12 heteroatoms. The molecule has 2 fully saturated rings. The van der Waals surface area contributed by atoms with E-state index in [-0.39, 0.29) is 11.4 Å². The molecular weight excluding hydrogens is 617 g/mol. The second-order valence-electron chi connectivity index (χ2n) is 12.8. The fourth-order valence-electron chi connectivity index (χ4n) is 5.93. The number of hydrogen-bond donors (Lipinski definition) is 2. The van der Waals surface area contributed by atoms with Crippen molar-refractivity contribution in [2.24, 2.45) is 0 Å². The summed E-state index contributed by atoms with van der Waals surface area (Å²) in [5.41, 5.74) is 2.16. The lowest BCUT2D eigenvalue weighted by Gasteiger charge is -2.39. The highest BCUT2D eigenvalue weighted by Gasteiger charge is 2.40. The number of aromatic nitrogens is 2. The van der Waals surface area contributed by atoms with Crippen LogP contribution in [-0.2, 0) is 19.0 Å². The van der Waals surface area contributed by atoms with Gasteiger partial charge in [-0.25, -0.2) is 14.2 Å². The SMILES string of the molecule is CC(C)(C)OC(=O)Nc1cc(N2CCC3(CC2)OCCO3)c(-c2ccccc2F)cc1NC(=O)CC(=O)c1cccc(-n2ccnc2)c1. The van der Waals surface area contributed by atoms with Crippen molar-refractivity contribution in [2.45, 2.75) is 51.4 Å². The van der Waals surface area contributed by atoms with Crippen LogP contribution in [0.1, 0.15) is 50.4 Å². The van der Waals surface area contributed by atoms with Gasteiger partial charge in [-0.1, -0.05) is 30.3 Å². The van der Waals surface area contributed by atoms with Crippen molar-refractivity contribution in [1.82, 2.24) is 9.55 Å². The zero-order valence-corrected chi connectivity index (χ0v) is 27.1. The number of carbonyl (C=O) groups is 3. The summed E-state index contributed by atoms with van der Waals surface area (Å²) in [7, 11) is 0. The standard InChI is InChI=1S/C36H38FN5O6/c1-35(2,3)48-34(45)40-30-21-31(41-14-11-36(12-15-41)46-17-18-47-36)27(26-9-4-5-10-28(26)37)20-29(30)39-33(44)22-32(43)24-7-6-8-25(19-24)42-16-13-38-23-42/h4-10,13,16,19-21,23H,11-12,14-15,17-18,22H2,1-3H3,(H,39,44)(H,40,45). The van der Waals surface area contributed by atoms with E-state index in [0.717, 1.165) is 5.69 Å². The van der Waals surface area contributed by atoms with E-state index in [4.69, 9.17) is 14.2 Å². The molecule has 2 N–H and O–H groups in total. The fraction of sp³-hybridized carbons (Fsp3) is 0.333. The van der Waals surface area contributed by atoms with Crippen molar-refractivity contribution in [2.75, 3.05) is 41.8 Å². The Balaban J connectivity index is 1.33. The van der Waals surface area contributed by atoms with Gasteiger partial charge in [0.05, 0.1) is 37.3 Å². The monoisotopic (exact) mass is 655 g/mol. The fourth-order valence-corrected chi connectivity index (χ4v) is 5.93. The van der Waals surface area contributed by atoms with E-state index in [1.807, 2.05) is 6.07 Å². The van der Waals surface area contributed by atoms with Crippen LogP contribution in [0.25, 0.3) is 16.8 Å². The van der Waals surface area contributed by atoms with Crippen LogP contribution in [0, 0.1) is 5.82 Å². The smallest absolute Gasteiger partial charge is 0.412 e. The highest BCUT2D eigenvalue weighted by Crippen LogP contribution is 2.42. The van der Waals surface area contributed by atoms with Gasteiger partial charge in [0.1, 0.15) is 11.4 Å². The number of carbonyl (C=O) groups excluding carboxylic acids is 3. The summed E-state index contributed by atoms with van der Waals surface area (Å²) in [5.74, 6) is -2.10. The van der Waals surface area contributed by atoms with Crippen molar-refractivity contribution in [3.8, 4) is 16.8 Å². The van der Waals surface area contributed by atoms with Crippen molar-refractivity contribution >= 4 is 34.8 Å². The van der Waals surface area contributed by atoms with E-state index in [2.05, 4.69) is 20.5 Å². The van der Waals surface area contributed by atoms with Crippen LogP contribution < -0.4 is 15.5 Å². The molecule has 0 aliphatic carbocycles. The van der Waals surface area contributed by atoms with Crippen LogP contribution in [0.4, 0.5) is 26.2 Å². The zero-order chi connectivity index (χ0) is 33.9. The number of hydrogen-bond acceptors (Lipinski definition) is 8. The van der Waals surface area contributed by atoms with Crippen molar-refractivity contribution in [3.63, 3.8) is 0 Å². The predicted molar refractivity (Wildman–Crippen MR) is 179 cm³/mol. The van der Waals surface area contributed by atoms with Crippen LogP contribution in [0.2, 0.25) is 0 Å². The van der Waals surface area contributed by atoms with Crippen LogP contribution in [0.15, 0.2) is 79.4 Å². The summed E-state index contributed by atoms with van der Waals surface area (Å²) in [6, 6.07) is 16.6. The van der Waals surface area contributed by atoms with E-state index in [1.54, 1.807) is 92.6 Å². The number of Topliss-reactive ketones (excluding diaryl/α,β-unsaturated/α-hetero) is 1. The Kier molecular flexibility index (Phi) is 9.29. The highest BCUT2D eigenvalue weighted by atomic mass is 19.1. The number of benzene rings is 3. The Bertz CT molecular complexity index is 1800. The number of imidazole rings is 1. The van der Waals surface area contributed by atoms with E-state index >= 15 is 4.39 Å². The van der Waals surface area contributed by atoms with Gasteiger partial charge in [-0.3, -0.25) is 14.9 Å². The number of ketones is 1. The van der Waals surface area contributed by atoms with Crippen molar-refractivity contribution in [1.29, 1.82) is 0 Å². The van der Waals surface area contributed by atoms with Crippen LogP contribution in [0.3, 0.4) is 0 Å². The molecule has 3 heterocycles. The number of rotatable bonds is 8. The molecule has 6 rings (SSSR count). The van der Waals surface area contributed by atoms with Gasteiger partial charge < -0.3 is 29.0 Å². The first-order valence-corrected chi connectivity index (χ1v) is 15.9. The third-order valence-electron chi connectivity index (χ3n) is 8.18. The Morgan fingerprint density at radius 1 is 0.938 bits per heavy atom. The van der Waals surface area contributed by atoms with Crippen LogP contribution >= 0.6 is 0 Å². The van der Waals surface area contributed by atoms with Crippen molar-refractivity contribution in [3.05, 3.63) is 90.8 Å². The Morgan fingerprint density at radius 3 is 2.35 bits per heavy atom. The summed E-state index contributed by atoms with van der Waals surface area (Å²) < 4.78 is 34.5. The number of piperidine rings is 1. The average molecular weight is 656 g/mol. The Hall–Kier alpha value is -5.07. The molecule has 250 valence electrons. The molecule has 1 spiro atoms. The number of anilines is 3. The number of ether oxygens (including phenoxy) is 3. The Labute approximate surface area is 278 Å². The van der Waals surface area contributed by atoms with Gasteiger partial charge in [0.2, 0.25) is 5.91 Å². The second-order valence-corrected chi connectivity index (χ2v) is 12.8. The molecule has 48 heavy (non-hydrogen) atoms.